The van der Waals surface area contributed by atoms with Crippen molar-refractivity contribution in [1.29, 1.82) is 0 Å². The zero-order chi connectivity index (χ0) is 19.4. The van der Waals surface area contributed by atoms with Crippen molar-refractivity contribution in [2.75, 3.05) is 60.6 Å². The van der Waals surface area contributed by atoms with Crippen LogP contribution >= 0.6 is 0 Å². The molecule has 1 aromatic rings. The minimum atomic E-state index is -0.882. The van der Waals surface area contributed by atoms with Gasteiger partial charge in [-0.1, -0.05) is 18.1 Å². The number of hydrogen-bond donors (Lipinski definition) is 1. The summed E-state index contributed by atoms with van der Waals surface area (Å²) in [6, 6.07) is 0. The van der Waals surface area contributed by atoms with E-state index < -0.39 is 16.1 Å². The van der Waals surface area contributed by atoms with Gasteiger partial charge in [0.15, 0.2) is 0 Å². The van der Waals surface area contributed by atoms with Crippen molar-refractivity contribution in [3.8, 4) is 5.88 Å². The Balaban J connectivity index is 2.03. The van der Waals surface area contributed by atoms with E-state index >= 15 is 0 Å². The van der Waals surface area contributed by atoms with Gasteiger partial charge in [0.1, 0.15) is 11.5 Å². The van der Waals surface area contributed by atoms with Crippen LogP contribution in [0.4, 0.5) is 17.5 Å². The Labute approximate surface area is 161 Å². The number of hydrogen-bond acceptors (Lipinski definition) is 9. The number of ether oxygens (including phenoxy) is 1. The number of aromatic nitrogens is 2. The molecule has 1 unspecified atom stereocenters. The van der Waals surface area contributed by atoms with E-state index in [4.69, 9.17) is 4.74 Å². The number of nitrogens with zero attached hydrogens (tertiary/aromatic N) is 5. The van der Waals surface area contributed by atoms with Crippen molar-refractivity contribution in [2.24, 2.45) is 0 Å². The van der Waals surface area contributed by atoms with Gasteiger partial charge in [-0.2, -0.15) is 9.97 Å². The van der Waals surface area contributed by atoms with Gasteiger partial charge in [0.05, 0.1) is 24.1 Å². The van der Waals surface area contributed by atoms with Crippen molar-refractivity contribution in [3.63, 3.8) is 0 Å². The quantitative estimate of drug-likeness (QED) is 0.416. The Morgan fingerprint density at radius 3 is 2.48 bits per heavy atom. The van der Waals surface area contributed by atoms with E-state index in [1.54, 1.807) is 0 Å². The summed E-state index contributed by atoms with van der Waals surface area (Å²) in [6.45, 7) is 7.81. The highest BCUT2D eigenvalue weighted by atomic mass is 32.2. The first kappa shape index (κ1) is 19.9. The molecule has 0 radical (unpaired) electrons. The Kier molecular flexibility index (Phi) is 6.55. The van der Waals surface area contributed by atoms with Crippen molar-refractivity contribution < 1.29 is 14.2 Å². The molecular formula is C16H26N6O4S. The molecule has 0 amide bonds. The summed E-state index contributed by atoms with van der Waals surface area (Å²) in [6.07, 6.45) is 0.512. The van der Waals surface area contributed by atoms with Gasteiger partial charge in [0, 0.05) is 26.2 Å². The van der Waals surface area contributed by atoms with Crippen LogP contribution in [0.1, 0.15) is 20.3 Å². The number of nitrogens with one attached hydrogen (secondary N) is 1. The molecular weight excluding hydrogens is 372 g/mol. The van der Waals surface area contributed by atoms with Gasteiger partial charge in [0.2, 0.25) is 11.8 Å². The molecule has 1 aromatic heterocycles. The molecule has 2 aliphatic rings. The highest BCUT2D eigenvalue weighted by Gasteiger charge is 2.34. The third-order valence-electron chi connectivity index (χ3n) is 4.77. The van der Waals surface area contributed by atoms with Gasteiger partial charge in [0.25, 0.3) is 0 Å². The van der Waals surface area contributed by atoms with E-state index in [0.717, 1.165) is 26.2 Å². The lowest BCUT2D eigenvalue weighted by atomic mass is 10.3. The first-order chi connectivity index (χ1) is 13.0. The fourth-order valence-electron chi connectivity index (χ4n) is 3.00. The second-order valence-electron chi connectivity index (χ2n) is 6.67. The van der Waals surface area contributed by atoms with Crippen molar-refractivity contribution in [1.82, 2.24) is 15.3 Å². The lowest BCUT2D eigenvalue weighted by Gasteiger charge is -2.31. The monoisotopic (exact) mass is 398 g/mol. The van der Waals surface area contributed by atoms with Crippen LogP contribution in [0.15, 0.2) is 0 Å². The summed E-state index contributed by atoms with van der Waals surface area (Å²) in [7, 11) is 0. The van der Waals surface area contributed by atoms with Crippen LogP contribution in [0.2, 0.25) is 0 Å². The van der Waals surface area contributed by atoms with E-state index in [2.05, 4.69) is 15.3 Å². The maximum Gasteiger partial charge on any atom is 0.373 e. The average molecular weight is 398 g/mol. The van der Waals surface area contributed by atoms with Crippen LogP contribution in [0, 0.1) is 10.1 Å². The van der Waals surface area contributed by atoms with Gasteiger partial charge < -0.3 is 24.4 Å². The SMILES string of the molecule is CCC(C)Oc1nc(N2CCNCC2)nc(N2CC[S+]([O-])CC2)c1[N+](=O)[O-]. The Morgan fingerprint density at radius 2 is 1.89 bits per heavy atom. The van der Waals surface area contributed by atoms with E-state index in [1.165, 1.54) is 0 Å². The molecule has 2 aliphatic heterocycles. The topological polar surface area (TPSA) is 120 Å². The number of anilines is 2. The van der Waals surface area contributed by atoms with E-state index in [0.29, 0.717) is 37.0 Å². The standard InChI is InChI=1S/C16H26N6O4S/c1-3-12(2)26-15-13(22(23)24)14(20-8-10-27(25)11-9-20)18-16(19-15)21-6-4-17-5-7-21/h12,17H,3-11H2,1-2H3. The molecule has 1 N–H and O–H groups in total. The molecule has 27 heavy (non-hydrogen) atoms. The summed E-state index contributed by atoms with van der Waals surface area (Å²) < 4.78 is 17.5. The summed E-state index contributed by atoms with van der Waals surface area (Å²) >= 11 is -0.882. The maximum atomic E-state index is 11.8. The van der Waals surface area contributed by atoms with E-state index in [1.807, 2.05) is 23.6 Å². The predicted octanol–water partition coefficient (Wildman–Crippen LogP) is 0.540. The number of nitro groups is 1. The average Bonchev–Trinajstić information content (AvgIpc) is 2.68. The van der Waals surface area contributed by atoms with Crippen LogP contribution in [-0.4, -0.2) is 76.3 Å². The lowest BCUT2D eigenvalue weighted by molar-refractivity contribution is -0.385. The Hall–Kier alpha value is -1.85. The molecule has 10 nitrogen and oxygen atoms in total. The van der Waals surface area contributed by atoms with E-state index in [-0.39, 0.29) is 23.5 Å². The molecule has 0 saturated carbocycles. The predicted molar refractivity (Wildman–Crippen MR) is 104 cm³/mol. The van der Waals surface area contributed by atoms with Crippen molar-refractivity contribution >= 4 is 28.6 Å². The molecule has 3 rings (SSSR count). The van der Waals surface area contributed by atoms with Crippen LogP contribution < -0.4 is 19.9 Å². The second kappa shape index (κ2) is 8.89. The zero-order valence-corrected chi connectivity index (χ0v) is 16.5. The summed E-state index contributed by atoms with van der Waals surface area (Å²) in [5.41, 5.74) is -0.207. The van der Waals surface area contributed by atoms with Gasteiger partial charge in [-0.3, -0.25) is 10.1 Å². The van der Waals surface area contributed by atoms with E-state index in [9.17, 15) is 14.7 Å². The fraction of sp³-hybridized carbons (Fsp3) is 0.750. The fourth-order valence-corrected chi connectivity index (χ4v) is 4.06. The lowest BCUT2D eigenvalue weighted by Crippen LogP contribution is -2.45. The molecule has 2 saturated heterocycles. The van der Waals surface area contributed by atoms with Gasteiger partial charge in [-0.15, -0.1) is 0 Å². The Morgan fingerprint density at radius 1 is 1.22 bits per heavy atom. The maximum absolute atomic E-state index is 11.8. The molecule has 0 spiro atoms. The van der Waals surface area contributed by atoms with Gasteiger partial charge in [-0.25, -0.2) is 0 Å². The smallest absolute Gasteiger partial charge is 0.373 e. The van der Waals surface area contributed by atoms with Crippen LogP contribution in [0.5, 0.6) is 5.88 Å². The van der Waals surface area contributed by atoms with Gasteiger partial charge in [-0.05, 0) is 13.3 Å². The van der Waals surface area contributed by atoms with Gasteiger partial charge >= 0.3 is 11.6 Å². The Bertz CT molecular complexity index is 665. The molecule has 3 heterocycles. The molecule has 2 fully saturated rings. The molecule has 0 bridgehead atoms. The van der Waals surface area contributed by atoms with Crippen molar-refractivity contribution in [3.05, 3.63) is 10.1 Å². The zero-order valence-electron chi connectivity index (χ0n) is 15.7. The number of piperazine rings is 1. The van der Waals surface area contributed by atoms with Crippen molar-refractivity contribution in [2.45, 2.75) is 26.4 Å². The molecule has 11 heteroatoms. The van der Waals surface area contributed by atoms with Crippen LogP contribution in [0.3, 0.4) is 0 Å². The first-order valence-electron chi connectivity index (χ1n) is 9.28. The summed E-state index contributed by atoms with van der Waals surface area (Å²) in [5.74, 6) is 1.68. The molecule has 0 aromatic carbocycles. The second-order valence-corrected chi connectivity index (χ2v) is 8.36. The largest absolute Gasteiger partial charge is 0.616 e. The highest BCUT2D eigenvalue weighted by Crippen LogP contribution is 2.37. The minimum absolute atomic E-state index is 0.0135. The normalized spacial score (nSPS) is 19.8. The number of rotatable bonds is 6. The van der Waals surface area contributed by atoms with Crippen LogP contribution in [0.25, 0.3) is 0 Å². The molecule has 1 atom stereocenters. The first-order valence-corrected chi connectivity index (χ1v) is 10.8. The summed E-state index contributed by atoms with van der Waals surface area (Å²) in [4.78, 5) is 24.2. The summed E-state index contributed by atoms with van der Waals surface area (Å²) in [5, 5.41) is 15.1. The molecule has 0 aliphatic carbocycles. The van der Waals surface area contributed by atoms with Crippen LogP contribution in [-0.2, 0) is 11.2 Å². The molecule has 150 valence electrons. The highest BCUT2D eigenvalue weighted by molar-refractivity contribution is 7.91. The third-order valence-corrected chi connectivity index (χ3v) is 6.05. The minimum Gasteiger partial charge on any atom is -0.616 e. The third kappa shape index (κ3) is 4.71.